The van der Waals surface area contributed by atoms with E-state index in [1.165, 1.54) is 0 Å². The molecule has 0 bridgehead atoms. The smallest absolute Gasteiger partial charge is 0.258 e. The first-order chi connectivity index (χ1) is 7.50. The number of carbonyl (C=O) groups excluding carboxylic acids is 1. The maximum absolute atomic E-state index is 11.7. The molecule has 0 saturated carbocycles. The third-order valence-electron chi connectivity index (χ3n) is 2.46. The van der Waals surface area contributed by atoms with Gasteiger partial charge in [-0.05, 0) is 26.0 Å². The van der Waals surface area contributed by atoms with Crippen LogP contribution in [0.4, 0.5) is 0 Å². The van der Waals surface area contributed by atoms with Crippen molar-refractivity contribution in [3.8, 4) is 0 Å². The molecule has 4 heteroatoms. The zero-order chi connectivity index (χ0) is 11.8. The Labute approximate surface area is 99.1 Å². The van der Waals surface area contributed by atoms with Crippen LogP contribution in [0.5, 0.6) is 0 Å². The molecule has 0 aliphatic carbocycles. The molecule has 2 rings (SSSR count). The van der Waals surface area contributed by atoms with Crippen molar-refractivity contribution in [1.29, 1.82) is 0 Å². The summed E-state index contributed by atoms with van der Waals surface area (Å²) in [4.78, 5) is 15.6. The van der Waals surface area contributed by atoms with Crippen molar-refractivity contribution in [3.05, 3.63) is 34.9 Å². The van der Waals surface area contributed by atoms with Crippen molar-refractivity contribution in [2.75, 3.05) is 6.61 Å². The summed E-state index contributed by atoms with van der Waals surface area (Å²) in [6.07, 6.45) is 0. The third kappa shape index (κ3) is 1.95. The Balaban J connectivity index is 2.38. The fourth-order valence-electron chi connectivity index (χ4n) is 1.36. The van der Waals surface area contributed by atoms with Gasteiger partial charge in [-0.3, -0.25) is 4.79 Å². The predicted molar refractivity (Wildman–Crippen MR) is 62.7 cm³/mol. The number of aliphatic imine (C=N–C) groups is 1. The highest BCUT2D eigenvalue weighted by Crippen LogP contribution is 2.25. The summed E-state index contributed by atoms with van der Waals surface area (Å²) >= 11 is 6.00. The van der Waals surface area contributed by atoms with E-state index in [0.717, 1.165) is 0 Å². The van der Waals surface area contributed by atoms with Crippen LogP contribution in [0.15, 0.2) is 29.3 Å². The molecular formula is C12H12ClNO2. The van der Waals surface area contributed by atoms with E-state index in [1.807, 2.05) is 26.0 Å². The molecule has 0 atom stereocenters. The van der Waals surface area contributed by atoms with Crippen LogP contribution in [0, 0.1) is 5.41 Å². The number of ether oxygens (including phenoxy) is 1. The molecule has 3 nitrogen and oxygen atoms in total. The van der Waals surface area contributed by atoms with Crippen molar-refractivity contribution in [2.45, 2.75) is 13.8 Å². The summed E-state index contributed by atoms with van der Waals surface area (Å²) < 4.78 is 5.48. The summed E-state index contributed by atoms with van der Waals surface area (Å²) in [6.45, 7) is 3.94. The van der Waals surface area contributed by atoms with Gasteiger partial charge >= 0.3 is 0 Å². The summed E-state index contributed by atoms with van der Waals surface area (Å²) in [5, 5.41) is 0.536. The number of hydrogen-bond donors (Lipinski definition) is 0. The fraction of sp³-hybridized carbons (Fsp3) is 0.333. The van der Waals surface area contributed by atoms with Gasteiger partial charge in [0, 0.05) is 0 Å². The highest BCUT2D eigenvalue weighted by Gasteiger charge is 2.33. The van der Waals surface area contributed by atoms with Gasteiger partial charge < -0.3 is 4.74 Å². The Morgan fingerprint density at radius 3 is 2.69 bits per heavy atom. The highest BCUT2D eigenvalue weighted by atomic mass is 35.5. The van der Waals surface area contributed by atoms with Crippen LogP contribution in [0.3, 0.4) is 0 Å². The van der Waals surface area contributed by atoms with E-state index < -0.39 is 5.41 Å². The maximum Gasteiger partial charge on any atom is 0.258 e. The van der Waals surface area contributed by atoms with E-state index in [9.17, 15) is 4.79 Å². The van der Waals surface area contributed by atoms with Crippen LogP contribution < -0.4 is 0 Å². The van der Waals surface area contributed by atoms with Crippen molar-refractivity contribution < 1.29 is 9.53 Å². The van der Waals surface area contributed by atoms with E-state index in [2.05, 4.69) is 4.99 Å². The molecule has 0 radical (unpaired) electrons. The summed E-state index contributed by atoms with van der Waals surface area (Å²) in [5.41, 5.74) is 0.109. The molecular weight excluding hydrogens is 226 g/mol. The first-order valence-electron chi connectivity index (χ1n) is 5.01. The summed E-state index contributed by atoms with van der Waals surface area (Å²) in [5.74, 6) is 0.142. The molecule has 0 aromatic heterocycles. The lowest BCUT2D eigenvalue weighted by Crippen LogP contribution is -2.35. The van der Waals surface area contributed by atoms with Crippen molar-refractivity contribution in [2.24, 2.45) is 10.4 Å². The zero-order valence-corrected chi connectivity index (χ0v) is 9.91. The van der Waals surface area contributed by atoms with Crippen LogP contribution >= 0.6 is 11.6 Å². The Hall–Kier alpha value is -1.35. The number of nitrogens with zero attached hydrogens (tertiary/aromatic N) is 1. The van der Waals surface area contributed by atoms with E-state index >= 15 is 0 Å². The monoisotopic (exact) mass is 237 g/mol. The highest BCUT2D eigenvalue weighted by molar-refractivity contribution is 6.34. The number of carbonyl (C=O) groups is 1. The fourth-order valence-corrected chi connectivity index (χ4v) is 1.58. The number of rotatable bonds is 1. The van der Waals surface area contributed by atoms with Crippen LogP contribution in [0.2, 0.25) is 5.02 Å². The molecule has 0 saturated heterocycles. The molecule has 0 N–H and O–H groups in total. The average Bonchev–Trinajstić information content (AvgIpc) is 2.23. The zero-order valence-electron chi connectivity index (χ0n) is 9.16. The quantitative estimate of drug-likeness (QED) is 0.753. The van der Waals surface area contributed by atoms with Gasteiger partial charge in [0.25, 0.3) is 5.91 Å². The number of amides is 1. The second kappa shape index (κ2) is 3.91. The third-order valence-corrected chi connectivity index (χ3v) is 2.79. The number of benzene rings is 1. The molecule has 84 valence electrons. The Morgan fingerprint density at radius 2 is 2.06 bits per heavy atom. The lowest BCUT2D eigenvalue weighted by molar-refractivity contribution is -0.128. The van der Waals surface area contributed by atoms with Gasteiger partial charge in [0.2, 0.25) is 5.90 Å². The lowest BCUT2D eigenvalue weighted by atomic mass is 9.93. The average molecular weight is 238 g/mol. The minimum absolute atomic E-state index is 0.173. The lowest BCUT2D eigenvalue weighted by Gasteiger charge is -2.26. The van der Waals surface area contributed by atoms with Gasteiger partial charge in [-0.15, -0.1) is 0 Å². The van der Waals surface area contributed by atoms with Gasteiger partial charge in [0.05, 0.1) is 16.0 Å². The standard InChI is InChI=1S/C12H12ClNO2/c1-12(2)7-16-10(14-11(12)15)8-5-3-4-6-9(8)13/h3-6H,7H2,1-2H3. The first kappa shape index (κ1) is 11.1. The van der Waals surface area contributed by atoms with Crippen molar-refractivity contribution >= 4 is 23.4 Å². The Morgan fingerprint density at radius 1 is 1.38 bits per heavy atom. The molecule has 16 heavy (non-hydrogen) atoms. The topological polar surface area (TPSA) is 38.7 Å². The molecule has 1 aliphatic heterocycles. The molecule has 1 aromatic carbocycles. The molecule has 0 unspecified atom stereocenters. The van der Waals surface area contributed by atoms with Crippen LogP contribution in [-0.2, 0) is 9.53 Å². The van der Waals surface area contributed by atoms with E-state index in [1.54, 1.807) is 12.1 Å². The maximum atomic E-state index is 11.7. The van der Waals surface area contributed by atoms with Gasteiger partial charge in [0.1, 0.15) is 6.61 Å². The Kier molecular flexibility index (Phi) is 2.72. The van der Waals surface area contributed by atoms with Crippen LogP contribution in [0.25, 0.3) is 0 Å². The molecule has 0 fully saturated rings. The first-order valence-corrected chi connectivity index (χ1v) is 5.39. The largest absolute Gasteiger partial charge is 0.476 e. The number of hydrogen-bond acceptors (Lipinski definition) is 2. The van der Waals surface area contributed by atoms with Crippen molar-refractivity contribution in [3.63, 3.8) is 0 Å². The van der Waals surface area contributed by atoms with Gasteiger partial charge in [0.15, 0.2) is 0 Å². The summed E-state index contributed by atoms with van der Waals surface area (Å²) in [7, 11) is 0. The van der Waals surface area contributed by atoms with E-state index in [-0.39, 0.29) is 5.91 Å². The summed E-state index contributed by atoms with van der Waals surface area (Å²) in [6, 6.07) is 7.18. The van der Waals surface area contributed by atoms with Crippen molar-refractivity contribution in [1.82, 2.24) is 0 Å². The predicted octanol–water partition coefficient (Wildman–Crippen LogP) is 2.67. The van der Waals surface area contributed by atoms with Gasteiger partial charge in [-0.2, -0.15) is 4.99 Å². The minimum atomic E-state index is -0.551. The molecule has 1 aliphatic rings. The second-order valence-corrected chi connectivity index (χ2v) is 4.78. The van der Waals surface area contributed by atoms with E-state index in [4.69, 9.17) is 16.3 Å². The molecule has 0 spiro atoms. The molecule has 1 heterocycles. The van der Waals surface area contributed by atoms with Crippen LogP contribution in [-0.4, -0.2) is 18.4 Å². The van der Waals surface area contributed by atoms with Crippen LogP contribution in [0.1, 0.15) is 19.4 Å². The number of halogens is 1. The van der Waals surface area contributed by atoms with Gasteiger partial charge in [-0.1, -0.05) is 23.7 Å². The SMILES string of the molecule is CC1(C)COC(c2ccccc2Cl)=NC1=O. The molecule has 1 aromatic rings. The minimum Gasteiger partial charge on any atom is -0.476 e. The normalized spacial score (nSPS) is 18.9. The molecule has 1 amide bonds. The Bertz CT molecular complexity index is 466. The van der Waals surface area contributed by atoms with E-state index in [0.29, 0.717) is 23.1 Å². The van der Waals surface area contributed by atoms with Gasteiger partial charge in [-0.25, -0.2) is 0 Å². The second-order valence-electron chi connectivity index (χ2n) is 4.37.